The van der Waals surface area contributed by atoms with Gasteiger partial charge < -0.3 is 9.73 Å². The first-order valence-electron chi connectivity index (χ1n) is 9.49. The first-order chi connectivity index (χ1) is 13.3. The molecule has 5 heteroatoms. The molecular weight excluding hydrogens is 338 g/mol. The summed E-state index contributed by atoms with van der Waals surface area (Å²) in [5, 5.41) is 5.79. The van der Waals surface area contributed by atoms with Crippen molar-refractivity contribution in [1.29, 1.82) is 0 Å². The second-order valence-corrected chi connectivity index (χ2v) is 6.86. The minimum Gasteiger partial charge on any atom is -0.423 e. The van der Waals surface area contributed by atoms with E-state index < -0.39 is 0 Å². The van der Waals surface area contributed by atoms with Gasteiger partial charge in [-0.25, -0.2) is 4.79 Å². The number of carbonyl (C=O) groups is 1. The van der Waals surface area contributed by atoms with Gasteiger partial charge in [-0.2, -0.15) is 4.98 Å². The van der Waals surface area contributed by atoms with E-state index in [1.807, 2.05) is 60.7 Å². The van der Waals surface area contributed by atoms with E-state index in [1.54, 1.807) is 0 Å². The zero-order valence-electron chi connectivity index (χ0n) is 15.2. The van der Waals surface area contributed by atoms with E-state index in [9.17, 15) is 4.79 Å². The number of urea groups is 1. The summed E-state index contributed by atoms with van der Waals surface area (Å²) in [5.74, 6) is 0.648. The predicted octanol–water partition coefficient (Wildman–Crippen LogP) is 5.46. The van der Waals surface area contributed by atoms with Crippen LogP contribution in [-0.2, 0) is 0 Å². The van der Waals surface area contributed by atoms with Crippen LogP contribution in [0.2, 0.25) is 0 Å². The maximum atomic E-state index is 12.4. The van der Waals surface area contributed by atoms with Crippen LogP contribution in [0.15, 0.2) is 65.1 Å². The normalized spacial score (nSPS) is 14.7. The SMILES string of the molecule is O=C(Nc1nc(-c2ccccc2)c(-c2ccccc2)o1)NC1CCCCC1. The molecule has 0 radical (unpaired) electrons. The molecule has 1 aromatic heterocycles. The summed E-state index contributed by atoms with van der Waals surface area (Å²) < 4.78 is 5.93. The molecule has 1 heterocycles. The number of hydrogen-bond acceptors (Lipinski definition) is 3. The average Bonchev–Trinajstić information content (AvgIpc) is 3.14. The fraction of sp³-hybridized carbons (Fsp3) is 0.273. The maximum absolute atomic E-state index is 12.4. The van der Waals surface area contributed by atoms with Gasteiger partial charge in [-0.15, -0.1) is 0 Å². The minimum atomic E-state index is -0.262. The molecule has 0 unspecified atom stereocenters. The Morgan fingerprint density at radius 1 is 0.889 bits per heavy atom. The highest BCUT2D eigenvalue weighted by Gasteiger charge is 2.20. The average molecular weight is 361 g/mol. The number of amides is 2. The Labute approximate surface area is 158 Å². The Morgan fingerprint density at radius 3 is 2.19 bits per heavy atom. The summed E-state index contributed by atoms with van der Waals surface area (Å²) in [6.07, 6.45) is 5.65. The molecule has 1 aliphatic carbocycles. The number of anilines is 1. The number of nitrogens with one attached hydrogen (secondary N) is 2. The zero-order valence-corrected chi connectivity index (χ0v) is 15.2. The van der Waals surface area contributed by atoms with E-state index in [-0.39, 0.29) is 18.1 Å². The van der Waals surface area contributed by atoms with Crippen LogP contribution in [0.25, 0.3) is 22.6 Å². The number of aromatic nitrogens is 1. The predicted molar refractivity (Wildman–Crippen MR) is 106 cm³/mol. The number of oxazole rings is 1. The third kappa shape index (κ3) is 4.19. The van der Waals surface area contributed by atoms with Crippen LogP contribution in [0.3, 0.4) is 0 Å². The number of rotatable bonds is 4. The van der Waals surface area contributed by atoms with Gasteiger partial charge in [0.05, 0.1) is 0 Å². The van der Waals surface area contributed by atoms with Gasteiger partial charge in [-0.1, -0.05) is 79.9 Å². The number of nitrogens with zero attached hydrogens (tertiary/aromatic N) is 1. The van der Waals surface area contributed by atoms with Gasteiger partial charge in [0, 0.05) is 17.2 Å². The largest absolute Gasteiger partial charge is 0.423 e. The topological polar surface area (TPSA) is 67.2 Å². The van der Waals surface area contributed by atoms with E-state index >= 15 is 0 Å². The molecule has 27 heavy (non-hydrogen) atoms. The highest BCUT2D eigenvalue weighted by Crippen LogP contribution is 2.34. The van der Waals surface area contributed by atoms with Crippen molar-refractivity contribution in [3.8, 4) is 22.6 Å². The van der Waals surface area contributed by atoms with Crippen LogP contribution in [0.1, 0.15) is 32.1 Å². The third-order valence-corrected chi connectivity index (χ3v) is 4.87. The highest BCUT2D eigenvalue weighted by molar-refractivity contribution is 5.88. The van der Waals surface area contributed by atoms with Crippen LogP contribution in [-0.4, -0.2) is 17.1 Å². The van der Waals surface area contributed by atoms with Crippen molar-refractivity contribution in [3.63, 3.8) is 0 Å². The van der Waals surface area contributed by atoms with Gasteiger partial charge >= 0.3 is 12.0 Å². The summed E-state index contributed by atoms with van der Waals surface area (Å²) in [6.45, 7) is 0. The van der Waals surface area contributed by atoms with E-state index in [1.165, 1.54) is 19.3 Å². The Morgan fingerprint density at radius 2 is 1.52 bits per heavy atom. The van der Waals surface area contributed by atoms with Crippen LogP contribution in [0, 0.1) is 0 Å². The lowest BCUT2D eigenvalue weighted by molar-refractivity contribution is 0.243. The van der Waals surface area contributed by atoms with Crippen LogP contribution in [0.5, 0.6) is 0 Å². The first kappa shape index (κ1) is 17.3. The maximum Gasteiger partial charge on any atom is 0.323 e. The highest BCUT2D eigenvalue weighted by atomic mass is 16.4. The van der Waals surface area contributed by atoms with Crippen molar-refractivity contribution < 1.29 is 9.21 Å². The number of carbonyl (C=O) groups excluding carboxylic acids is 1. The second kappa shape index (κ2) is 8.08. The molecule has 3 aromatic rings. The summed E-state index contributed by atoms with van der Waals surface area (Å²) >= 11 is 0. The Hall–Kier alpha value is -3.08. The molecule has 0 atom stereocenters. The van der Waals surface area contributed by atoms with Crippen molar-refractivity contribution in [2.75, 3.05) is 5.32 Å². The summed E-state index contributed by atoms with van der Waals surface area (Å²) in [4.78, 5) is 16.9. The van der Waals surface area contributed by atoms with Crippen molar-refractivity contribution in [2.45, 2.75) is 38.1 Å². The standard InChI is InChI=1S/C22H23N3O2/c26-21(23-18-14-8-3-9-15-18)25-22-24-19(16-10-4-1-5-11-16)20(27-22)17-12-6-2-7-13-17/h1-2,4-7,10-13,18H,3,8-9,14-15H2,(H2,23,24,25,26). The van der Waals surface area contributed by atoms with Crippen molar-refractivity contribution in [2.24, 2.45) is 0 Å². The van der Waals surface area contributed by atoms with E-state index in [0.717, 1.165) is 29.7 Å². The lowest BCUT2D eigenvalue weighted by atomic mass is 9.96. The molecule has 1 saturated carbocycles. The van der Waals surface area contributed by atoms with Crippen LogP contribution in [0.4, 0.5) is 10.8 Å². The Balaban J connectivity index is 1.58. The van der Waals surface area contributed by atoms with E-state index in [2.05, 4.69) is 15.6 Å². The quantitative estimate of drug-likeness (QED) is 0.648. The Kier molecular flexibility index (Phi) is 5.19. The monoisotopic (exact) mass is 361 g/mol. The van der Waals surface area contributed by atoms with Gasteiger partial charge in [0.15, 0.2) is 5.76 Å². The Bertz CT molecular complexity index is 827. The molecule has 4 rings (SSSR count). The number of benzene rings is 2. The third-order valence-electron chi connectivity index (χ3n) is 4.87. The fourth-order valence-corrected chi connectivity index (χ4v) is 3.52. The van der Waals surface area contributed by atoms with Crippen LogP contribution < -0.4 is 10.6 Å². The fourth-order valence-electron chi connectivity index (χ4n) is 3.52. The molecule has 138 valence electrons. The summed E-state index contributed by atoms with van der Waals surface area (Å²) in [6, 6.07) is 19.8. The molecule has 0 aliphatic heterocycles. The summed E-state index contributed by atoms with van der Waals surface area (Å²) in [5.41, 5.74) is 2.58. The molecule has 1 fully saturated rings. The molecule has 0 saturated heterocycles. The van der Waals surface area contributed by atoms with Gasteiger partial charge in [0.2, 0.25) is 0 Å². The summed E-state index contributed by atoms with van der Waals surface area (Å²) in [7, 11) is 0. The molecule has 2 amide bonds. The van der Waals surface area contributed by atoms with Crippen LogP contribution >= 0.6 is 0 Å². The smallest absolute Gasteiger partial charge is 0.323 e. The first-order valence-corrected chi connectivity index (χ1v) is 9.49. The van der Waals surface area contributed by atoms with Crippen molar-refractivity contribution in [1.82, 2.24) is 10.3 Å². The molecule has 2 N–H and O–H groups in total. The minimum absolute atomic E-state index is 0.209. The van der Waals surface area contributed by atoms with Gasteiger partial charge in [-0.3, -0.25) is 5.32 Å². The van der Waals surface area contributed by atoms with Gasteiger partial charge in [0.25, 0.3) is 0 Å². The second-order valence-electron chi connectivity index (χ2n) is 6.86. The molecule has 1 aliphatic rings. The lowest BCUT2D eigenvalue weighted by Crippen LogP contribution is -2.39. The number of hydrogen-bond donors (Lipinski definition) is 2. The van der Waals surface area contributed by atoms with E-state index in [4.69, 9.17) is 4.42 Å². The molecular formula is C22H23N3O2. The lowest BCUT2D eigenvalue weighted by Gasteiger charge is -2.22. The van der Waals surface area contributed by atoms with Crippen molar-refractivity contribution >= 4 is 12.0 Å². The molecule has 2 aromatic carbocycles. The zero-order chi connectivity index (χ0) is 18.5. The van der Waals surface area contributed by atoms with Crippen molar-refractivity contribution in [3.05, 3.63) is 60.7 Å². The molecule has 5 nitrogen and oxygen atoms in total. The van der Waals surface area contributed by atoms with Gasteiger partial charge in [0.1, 0.15) is 5.69 Å². The molecule has 0 spiro atoms. The van der Waals surface area contributed by atoms with Gasteiger partial charge in [-0.05, 0) is 12.8 Å². The van der Waals surface area contributed by atoms with E-state index in [0.29, 0.717) is 5.76 Å². The molecule has 0 bridgehead atoms.